The molecule has 2 amide bonds. The molecule has 5 N–H and O–H groups in total. The second kappa shape index (κ2) is 5.86. The van der Waals surface area contributed by atoms with Crippen molar-refractivity contribution in [1.82, 2.24) is 5.32 Å². The minimum Gasteiger partial charge on any atom is -0.480 e. The number of benzene rings is 1. The molecule has 0 fully saturated rings. The first-order chi connectivity index (χ1) is 8.00. The summed E-state index contributed by atoms with van der Waals surface area (Å²) < 4.78 is 0. The lowest BCUT2D eigenvalue weighted by atomic mass is 10.2. The van der Waals surface area contributed by atoms with Gasteiger partial charge in [-0.25, -0.2) is 4.79 Å². The fraction of sp³-hybridized carbons (Fsp3) is 0.273. The number of anilines is 1. The number of para-hydroxylation sites is 1. The highest BCUT2D eigenvalue weighted by atomic mass is 16.4. The van der Waals surface area contributed by atoms with Crippen LogP contribution in [0.3, 0.4) is 0 Å². The van der Waals surface area contributed by atoms with Crippen LogP contribution in [-0.2, 0) is 4.79 Å². The topological polar surface area (TPSA) is 104 Å². The quantitative estimate of drug-likeness (QED) is 0.613. The minimum absolute atomic E-state index is 0.118. The van der Waals surface area contributed by atoms with E-state index in [1.165, 1.54) is 0 Å². The molecule has 1 atom stereocenters. The average Bonchev–Trinajstić information content (AvgIpc) is 2.29. The SMILES string of the molecule is Cc1ccccc1NC(=O)NC[C@H](N)C(=O)O. The van der Waals surface area contributed by atoms with E-state index < -0.39 is 18.0 Å². The Hall–Kier alpha value is -2.08. The largest absolute Gasteiger partial charge is 0.480 e. The van der Waals surface area contributed by atoms with E-state index in [0.29, 0.717) is 5.69 Å². The van der Waals surface area contributed by atoms with Gasteiger partial charge in [0.1, 0.15) is 6.04 Å². The predicted molar refractivity (Wildman–Crippen MR) is 63.8 cm³/mol. The first-order valence-electron chi connectivity index (χ1n) is 5.09. The third-order valence-electron chi connectivity index (χ3n) is 2.19. The summed E-state index contributed by atoms with van der Waals surface area (Å²) in [6, 6.07) is 5.70. The van der Waals surface area contributed by atoms with Crippen LogP contribution in [0.15, 0.2) is 24.3 Å². The number of hydrogen-bond acceptors (Lipinski definition) is 3. The fourth-order valence-corrected chi connectivity index (χ4v) is 1.17. The molecular weight excluding hydrogens is 222 g/mol. The van der Waals surface area contributed by atoms with Crippen LogP contribution >= 0.6 is 0 Å². The molecule has 1 rings (SSSR count). The van der Waals surface area contributed by atoms with Crippen molar-refractivity contribution in [2.75, 3.05) is 11.9 Å². The number of urea groups is 1. The normalized spacial score (nSPS) is 11.6. The third-order valence-corrected chi connectivity index (χ3v) is 2.19. The zero-order valence-corrected chi connectivity index (χ0v) is 9.43. The molecule has 1 aromatic rings. The highest BCUT2D eigenvalue weighted by molar-refractivity contribution is 5.90. The summed E-state index contributed by atoms with van der Waals surface area (Å²) in [4.78, 5) is 21.8. The second-order valence-corrected chi connectivity index (χ2v) is 3.59. The van der Waals surface area contributed by atoms with E-state index >= 15 is 0 Å². The lowest BCUT2D eigenvalue weighted by Gasteiger charge is -2.11. The van der Waals surface area contributed by atoms with Crippen LogP contribution in [0.4, 0.5) is 10.5 Å². The Morgan fingerprint density at radius 3 is 2.65 bits per heavy atom. The van der Waals surface area contributed by atoms with Gasteiger partial charge in [-0.1, -0.05) is 18.2 Å². The molecule has 0 saturated carbocycles. The maximum absolute atomic E-state index is 11.4. The van der Waals surface area contributed by atoms with E-state index in [-0.39, 0.29) is 6.54 Å². The zero-order chi connectivity index (χ0) is 12.8. The summed E-state index contributed by atoms with van der Waals surface area (Å²) in [5.74, 6) is -1.15. The average molecular weight is 237 g/mol. The zero-order valence-electron chi connectivity index (χ0n) is 9.43. The molecule has 0 aliphatic rings. The highest BCUT2D eigenvalue weighted by Crippen LogP contribution is 2.12. The number of amides is 2. The van der Waals surface area contributed by atoms with Crippen LogP contribution in [0.2, 0.25) is 0 Å². The monoisotopic (exact) mass is 237 g/mol. The molecule has 1 aromatic carbocycles. The highest BCUT2D eigenvalue weighted by Gasteiger charge is 2.12. The van der Waals surface area contributed by atoms with E-state index in [2.05, 4.69) is 10.6 Å². The van der Waals surface area contributed by atoms with Gasteiger partial charge in [0.05, 0.1) is 0 Å². The smallest absolute Gasteiger partial charge is 0.322 e. The van der Waals surface area contributed by atoms with Gasteiger partial charge in [0.25, 0.3) is 0 Å². The summed E-state index contributed by atoms with van der Waals surface area (Å²) in [5, 5.41) is 13.5. The van der Waals surface area contributed by atoms with Gasteiger partial charge in [-0.05, 0) is 18.6 Å². The van der Waals surface area contributed by atoms with Gasteiger partial charge in [0.15, 0.2) is 0 Å². The summed E-state index contributed by atoms with van der Waals surface area (Å²) in [7, 11) is 0. The Bertz CT molecular complexity index is 420. The Morgan fingerprint density at radius 1 is 1.41 bits per heavy atom. The lowest BCUT2D eigenvalue weighted by molar-refractivity contribution is -0.138. The standard InChI is InChI=1S/C11H15N3O3/c1-7-4-2-3-5-9(7)14-11(17)13-6-8(12)10(15)16/h2-5,8H,6,12H2,1H3,(H,15,16)(H2,13,14,17)/t8-/m0/s1. The molecule has 0 aromatic heterocycles. The van der Waals surface area contributed by atoms with Crippen molar-refractivity contribution in [3.8, 4) is 0 Å². The van der Waals surface area contributed by atoms with Crippen molar-refractivity contribution in [3.63, 3.8) is 0 Å². The Balaban J connectivity index is 2.46. The van der Waals surface area contributed by atoms with Crippen LogP contribution in [0.1, 0.15) is 5.56 Å². The third kappa shape index (κ3) is 4.12. The van der Waals surface area contributed by atoms with Gasteiger partial charge in [0, 0.05) is 12.2 Å². The first kappa shape index (κ1) is 13.0. The van der Waals surface area contributed by atoms with Crippen LogP contribution in [0.5, 0.6) is 0 Å². The van der Waals surface area contributed by atoms with Crippen molar-refractivity contribution in [3.05, 3.63) is 29.8 Å². The summed E-state index contributed by atoms with van der Waals surface area (Å²) >= 11 is 0. The van der Waals surface area contributed by atoms with Crippen molar-refractivity contribution in [2.24, 2.45) is 5.73 Å². The minimum atomic E-state index is -1.15. The van der Waals surface area contributed by atoms with Gasteiger partial charge < -0.3 is 21.5 Å². The fourth-order valence-electron chi connectivity index (χ4n) is 1.17. The molecule has 0 heterocycles. The molecular formula is C11H15N3O3. The van der Waals surface area contributed by atoms with Gasteiger partial charge in [0.2, 0.25) is 0 Å². The van der Waals surface area contributed by atoms with E-state index in [0.717, 1.165) is 5.56 Å². The molecule has 0 aliphatic carbocycles. The Kier molecular flexibility index (Phi) is 4.47. The molecule has 0 spiro atoms. The molecule has 6 heteroatoms. The molecule has 0 saturated heterocycles. The van der Waals surface area contributed by atoms with Crippen LogP contribution in [-0.4, -0.2) is 29.7 Å². The van der Waals surface area contributed by atoms with E-state index in [9.17, 15) is 9.59 Å². The van der Waals surface area contributed by atoms with Gasteiger partial charge in [-0.2, -0.15) is 0 Å². The number of aryl methyl sites for hydroxylation is 1. The van der Waals surface area contributed by atoms with Crippen LogP contribution < -0.4 is 16.4 Å². The molecule has 0 unspecified atom stereocenters. The number of nitrogens with two attached hydrogens (primary N) is 1. The maximum atomic E-state index is 11.4. The first-order valence-corrected chi connectivity index (χ1v) is 5.09. The van der Waals surface area contributed by atoms with Gasteiger partial charge in [-0.15, -0.1) is 0 Å². The van der Waals surface area contributed by atoms with Crippen LogP contribution in [0, 0.1) is 6.92 Å². The van der Waals surface area contributed by atoms with Crippen molar-refractivity contribution < 1.29 is 14.7 Å². The van der Waals surface area contributed by atoms with E-state index in [1.54, 1.807) is 12.1 Å². The number of nitrogens with one attached hydrogen (secondary N) is 2. The molecule has 0 radical (unpaired) electrons. The molecule has 17 heavy (non-hydrogen) atoms. The van der Waals surface area contributed by atoms with Crippen molar-refractivity contribution in [2.45, 2.75) is 13.0 Å². The summed E-state index contributed by atoms with van der Waals surface area (Å²) in [5.41, 5.74) is 6.84. The maximum Gasteiger partial charge on any atom is 0.322 e. The van der Waals surface area contributed by atoms with Crippen molar-refractivity contribution in [1.29, 1.82) is 0 Å². The number of rotatable bonds is 4. The number of carboxylic acid groups (broad SMARTS) is 1. The van der Waals surface area contributed by atoms with Gasteiger partial charge in [-0.3, -0.25) is 4.79 Å². The second-order valence-electron chi connectivity index (χ2n) is 3.59. The summed E-state index contributed by atoms with van der Waals surface area (Å²) in [6.07, 6.45) is 0. The molecule has 0 aliphatic heterocycles. The summed E-state index contributed by atoms with van der Waals surface area (Å²) in [6.45, 7) is 1.74. The predicted octanol–water partition coefficient (Wildman–Crippen LogP) is 0.528. The number of carbonyl (C=O) groups is 2. The van der Waals surface area contributed by atoms with Crippen LogP contribution in [0.25, 0.3) is 0 Å². The van der Waals surface area contributed by atoms with Gasteiger partial charge >= 0.3 is 12.0 Å². The van der Waals surface area contributed by atoms with E-state index in [1.807, 2.05) is 19.1 Å². The number of carbonyl (C=O) groups excluding carboxylic acids is 1. The molecule has 0 bridgehead atoms. The number of aliphatic carboxylic acids is 1. The number of hydrogen-bond donors (Lipinski definition) is 4. The number of carboxylic acids is 1. The molecule has 92 valence electrons. The lowest BCUT2D eigenvalue weighted by Crippen LogP contribution is -2.43. The van der Waals surface area contributed by atoms with Crippen molar-refractivity contribution >= 4 is 17.7 Å². The Morgan fingerprint density at radius 2 is 2.06 bits per heavy atom. The van der Waals surface area contributed by atoms with E-state index in [4.69, 9.17) is 10.8 Å². The Labute approximate surface area is 98.8 Å². The molecule has 6 nitrogen and oxygen atoms in total.